The zero-order valence-electron chi connectivity index (χ0n) is 14.9. The van der Waals surface area contributed by atoms with E-state index in [0.717, 1.165) is 64.4 Å². The van der Waals surface area contributed by atoms with Gasteiger partial charge in [0, 0.05) is 44.7 Å². The second kappa shape index (κ2) is 7.30. The number of carbonyl (C=O) groups is 1. The molecule has 3 aliphatic heterocycles. The molecular weight excluding hydrogens is 304 g/mol. The topological polar surface area (TPSA) is 42.0 Å². The van der Waals surface area contributed by atoms with Crippen molar-refractivity contribution >= 4 is 5.91 Å². The number of hydrogen-bond donors (Lipinski definition) is 0. The number of rotatable bonds is 6. The SMILES string of the molecule is O=C(COC[C@@]12CCCO[C@H]1CCN(CC1CC1)C2)N1CCCC1. The maximum atomic E-state index is 12.2. The second-order valence-corrected chi connectivity index (χ2v) is 8.37. The fourth-order valence-electron chi connectivity index (χ4n) is 4.81. The molecular formula is C19H32N2O3. The van der Waals surface area contributed by atoms with Gasteiger partial charge in [0.05, 0.1) is 12.7 Å². The molecule has 0 N–H and O–H groups in total. The number of carbonyl (C=O) groups excluding carboxylic acids is 1. The van der Waals surface area contributed by atoms with Crippen LogP contribution in [-0.4, -0.2) is 74.4 Å². The van der Waals surface area contributed by atoms with E-state index in [1.165, 1.54) is 25.8 Å². The van der Waals surface area contributed by atoms with Crippen LogP contribution < -0.4 is 0 Å². The lowest BCUT2D eigenvalue weighted by Crippen LogP contribution is -2.57. The first-order valence-corrected chi connectivity index (χ1v) is 9.95. The summed E-state index contributed by atoms with van der Waals surface area (Å²) in [6.45, 7) is 7.14. The zero-order valence-corrected chi connectivity index (χ0v) is 14.9. The average molecular weight is 336 g/mol. The fourth-order valence-corrected chi connectivity index (χ4v) is 4.81. The smallest absolute Gasteiger partial charge is 0.248 e. The predicted molar refractivity (Wildman–Crippen MR) is 91.8 cm³/mol. The van der Waals surface area contributed by atoms with Gasteiger partial charge in [-0.2, -0.15) is 0 Å². The molecule has 1 amide bonds. The van der Waals surface area contributed by atoms with Crippen LogP contribution in [0.4, 0.5) is 0 Å². The molecule has 0 radical (unpaired) electrons. The number of piperidine rings is 1. The van der Waals surface area contributed by atoms with Gasteiger partial charge < -0.3 is 19.3 Å². The van der Waals surface area contributed by atoms with Crippen LogP contribution in [0.2, 0.25) is 0 Å². The van der Waals surface area contributed by atoms with E-state index in [0.29, 0.717) is 12.7 Å². The Balaban J connectivity index is 1.32. The van der Waals surface area contributed by atoms with E-state index in [1.807, 2.05) is 4.90 Å². The highest BCUT2D eigenvalue weighted by Gasteiger charge is 2.46. The van der Waals surface area contributed by atoms with Crippen LogP contribution in [0, 0.1) is 11.3 Å². The Morgan fingerprint density at radius 2 is 1.96 bits per heavy atom. The summed E-state index contributed by atoms with van der Waals surface area (Å²) in [5.74, 6) is 1.10. The summed E-state index contributed by atoms with van der Waals surface area (Å²) < 4.78 is 12.1. The van der Waals surface area contributed by atoms with Crippen molar-refractivity contribution < 1.29 is 14.3 Å². The Bertz CT molecular complexity index is 448. The number of fused-ring (bicyclic) bond motifs is 1. The molecule has 0 bridgehead atoms. The third-order valence-corrected chi connectivity index (χ3v) is 6.35. The summed E-state index contributed by atoms with van der Waals surface area (Å²) in [5.41, 5.74) is 0.108. The van der Waals surface area contributed by atoms with E-state index in [4.69, 9.17) is 9.47 Å². The van der Waals surface area contributed by atoms with E-state index in [1.54, 1.807) is 0 Å². The normalized spacial score (nSPS) is 34.3. The Hall–Kier alpha value is -0.650. The van der Waals surface area contributed by atoms with Crippen molar-refractivity contribution in [2.45, 2.75) is 51.0 Å². The molecule has 3 saturated heterocycles. The van der Waals surface area contributed by atoms with Gasteiger partial charge in [-0.3, -0.25) is 4.79 Å². The van der Waals surface area contributed by atoms with Crippen molar-refractivity contribution in [3.05, 3.63) is 0 Å². The van der Waals surface area contributed by atoms with Crippen molar-refractivity contribution in [1.82, 2.24) is 9.80 Å². The van der Waals surface area contributed by atoms with Crippen LogP contribution in [-0.2, 0) is 14.3 Å². The minimum Gasteiger partial charge on any atom is -0.377 e. The third-order valence-electron chi connectivity index (χ3n) is 6.35. The summed E-state index contributed by atoms with van der Waals surface area (Å²) in [6, 6.07) is 0. The largest absolute Gasteiger partial charge is 0.377 e. The van der Waals surface area contributed by atoms with E-state index in [2.05, 4.69) is 4.90 Å². The molecule has 0 aromatic carbocycles. The molecule has 0 aromatic heterocycles. The maximum Gasteiger partial charge on any atom is 0.248 e. The Morgan fingerprint density at radius 3 is 2.75 bits per heavy atom. The number of ether oxygens (including phenoxy) is 2. The number of nitrogens with zero attached hydrogens (tertiary/aromatic N) is 2. The highest BCUT2D eigenvalue weighted by atomic mass is 16.5. The van der Waals surface area contributed by atoms with Gasteiger partial charge in [-0.05, 0) is 50.9 Å². The molecule has 5 nitrogen and oxygen atoms in total. The summed E-state index contributed by atoms with van der Waals surface area (Å²) in [7, 11) is 0. The first kappa shape index (κ1) is 16.8. The fraction of sp³-hybridized carbons (Fsp3) is 0.947. The summed E-state index contributed by atoms with van der Waals surface area (Å²) >= 11 is 0. The minimum absolute atomic E-state index is 0.108. The van der Waals surface area contributed by atoms with Gasteiger partial charge in [0.2, 0.25) is 5.91 Å². The molecule has 3 heterocycles. The van der Waals surface area contributed by atoms with Gasteiger partial charge in [0.15, 0.2) is 0 Å². The van der Waals surface area contributed by atoms with E-state index in [-0.39, 0.29) is 17.9 Å². The van der Waals surface area contributed by atoms with Gasteiger partial charge in [0.25, 0.3) is 0 Å². The van der Waals surface area contributed by atoms with Crippen molar-refractivity contribution in [1.29, 1.82) is 0 Å². The number of hydrogen-bond acceptors (Lipinski definition) is 4. The van der Waals surface area contributed by atoms with Crippen LogP contribution >= 0.6 is 0 Å². The monoisotopic (exact) mass is 336 g/mol. The first-order valence-electron chi connectivity index (χ1n) is 9.95. The maximum absolute atomic E-state index is 12.2. The summed E-state index contributed by atoms with van der Waals surface area (Å²) in [6.07, 6.45) is 8.84. The van der Waals surface area contributed by atoms with E-state index in [9.17, 15) is 4.79 Å². The van der Waals surface area contributed by atoms with Gasteiger partial charge in [-0.25, -0.2) is 0 Å². The molecule has 1 aliphatic carbocycles. The van der Waals surface area contributed by atoms with Crippen LogP contribution in [0.25, 0.3) is 0 Å². The highest BCUT2D eigenvalue weighted by Crippen LogP contribution is 2.41. The molecule has 2 atom stereocenters. The highest BCUT2D eigenvalue weighted by molar-refractivity contribution is 5.77. The van der Waals surface area contributed by atoms with Crippen molar-refractivity contribution in [2.75, 3.05) is 52.5 Å². The van der Waals surface area contributed by atoms with Gasteiger partial charge >= 0.3 is 0 Å². The predicted octanol–water partition coefficient (Wildman–Crippen LogP) is 1.91. The van der Waals surface area contributed by atoms with Crippen molar-refractivity contribution in [2.24, 2.45) is 11.3 Å². The Kier molecular flexibility index (Phi) is 5.11. The number of likely N-dealkylation sites (tertiary alicyclic amines) is 2. The molecule has 4 fully saturated rings. The zero-order chi connectivity index (χ0) is 16.4. The Morgan fingerprint density at radius 1 is 1.12 bits per heavy atom. The molecule has 4 aliphatic rings. The second-order valence-electron chi connectivity index (χ2n) is 8.37. The summed E-state index contributed by atoms with van der Waals surface area (Å²) in [5, 5.41) is 0. The molecule has 24 heavy (non-hydrogen) atoms. The first-order chi connectivity index (χ1) is 11.8. The quantitative estimate of drug-likeness (QED) is 0.743. The molecule has 0 unspecified atom stereocenters. The lowest BCUT2D eigenvalue weighted by molar-refractivity contribution is -0.159. The molecule has 1 saturated carbocycles. The Labute approximate surface area is 145 Å². The summed E-state index contributed by atoms with van der Waals surface area (Å²) in [4.78, 5) is 16.8. The minimum atomic E-state index is 0.108. The molecule has 136 valence electrons. The molecule has 0 spiro atoms. The molecule has 4 rings (SSSR count). The van der Waals surface area contributed by atoms with Gasteiger partial charge in [0.1, 0.15) is 6.61 Å². The lowest BCUT2D eigenvalue weighted by atomic mass is 9.73. The van der Waals surface area contributed by atoms with Crippen LogP contribution in [0.5, 0.6) is 0 Å². The van der Waals surface area contributed by atoms with Crippen LogP contribution in [0.3, 0.4) is 0 Å². The van der Waals surface area contributed by atoms with Crippen molar-refractivity contribution in [3.63, 3.8) is 0 Å². The third kappa shape index (κ3) is 3.78. The van der Waals surface area contributed by atoms with Gasteiger partial charge in [-0.1, -0.05) is 0 Å². The van der Waals surface area contributed by atoms with E-state index < -0.39 is 0 Å². The lowest BCUT2D eigenvalue weighted by Gasteiger charge is -2.50. The van der Waals surface area contributed by atoms with Crippen LogP contribution in [0.15, 0.2) is 0 Å². The van der Waals surface area contributed by atoms with E-state index >= 15 is 0 Å². The molecule has 5 heteroatoms. The molecule has 0 aromatic rings. The van der Waals surface area contributed by atoms with Crippen LogP contribution in [0.1, 0.15) is 44.9 Å². The average Bonchev–Trinajstić information content (AvgIpc) is 3.23. The number of amides is 1. The standard InChI is InChI=1S/C19H32N2O3/c22-18(21-8-1-2-9-21)13-23-15-19-7-3-11-24-17(19)6-10-20(14-19)12-16-4-5-16/h16-17H,1-15H2/t17-,19-/m0/s1. The van der Waals surface area contributed by atoms with Crippen molar-refractivity contribution in [3.8, 4) is 0 Å². The van der Waals surface area contributed by atoms with Gasteiger partial charge in [-0.15, -0.1) is 0 Å².